The van der Waals surface area contributed by atoms with Gasteiger partial charge in [0.15, 0.2) is 0 Å². The molecule has 1 aliphatic rings. The lowest BCUT2D eigenvalue weighted by molar-refractivity contribution is 0.0628. The SMILES string of the molecule is O=C(c1ccc(-n2ccnc2)cc1)N1CCN(Cc2ccccc2)CC1. The van der Waals surface area contributed by atoms with E-state index in [-0.39, 0.29) is 5.91 Å². The summed E-state index contributed by atoms with van der Waals surface area (Å²) >= 11 is 0. The Bertz CT molecular complexity index is 835. The maximum Gasteiger partial charge on any atom is 0.253 e. The lowest BCUT2D eigenvalue weighted by Gasteiger charge is -2.34. The van der Waals surface area contributed by atoms with Crippen LogP contribution < -0.4 is 0 Å². The molecular formula is C21H22N4O. The summed E-state index contributed by atoms with van der Waals surface area (Å²) in [6.45, 7) is 4.31. The average molecular weight is 346 g/mol. The van der Waals surface area contributed by atoms with Gasteiger partial charge in [-0.3, -0.25) is 9.69 Å². The highest BCUT2D eigenvalue weighted by Gasteiger charge is 2.22. The number of carbonyl (C=O) groups is 1. The summed E-state index contributed by atoms with van der Waals surface area (Å²) in [6.07, 6.45) is 5.39. The molecule has 1 aliphatic heterocycles. The third kappa shape index (κ3) is 3.68. The minimum absolute atomic E-state index is 0.113. The van der Waals surface area contributed by atoms with Gasteiger partial charge in [-0.2, -0.15) is 0 Å². The van der Waals surface area contributed by atoms with Crippen LogP contribution in [0.4, 0.5) is 0 Å². The number of imidazole rings is 1. The van der Waals surface area contributed by atoms with Gasteiger partial charge < -0.3 is 9.47 Å². The van der Waals surface area contributed by atoms with E-state index >= 15 is 0 Å². The fourth-order valence-electron chi connectivity index (χ4n) is 3.32. The van der Waals surface area contributed by atoms with Crippen molar-refractivity contribution in [3.8, 4) is 5.69 Å². The van der Waals surface area contributed by atoms with Gasteiger partial charge in [-0.25, -0.2) is 4.98 Å². The fourth-order valence-corrected chi connectivity index (χ4v) is 3.32. The fraction of sp³-hybridized carbons (Fsp3) is 0.238. The van der Waals surface area contributed by atoms with Gasteiger partial charge in [-0.05, 0) is 29.8 Å². The van der Waals surface area contributed by atoms with E-state index < -0.39 is 0 Å². The summed E-state index contributed by atoms with van der Waals surface area (Å²) in [6, 6.07) is 18.2. The van der Waals surface area contributed by atoms with E-state index in [2.05, 4.69) is 34.1 Å². The maximum atomic E-state index is 12.8. The summed E-state index contributed by atoms with van der Waals surface area (Å²) in [7, 11) is 0. The van der Waals surface area contributed by atoms with Crippen molar-refractivity contribution in [3.63, 3.8) is 0 Å². The minimum Gasteiger partial charge on any atom is -0.336 e. The first kappa shape index (κ1) is 16.5. The first-order chi connectivity index (χ1) is 12.8. The summed E-state index contributed by atoms with van der Waals surface area (Å²) < 4.78 is 1.93. The Kier molecular flexibility index (Phi) is 4.80. The van der Waals surface area contributed by atoms with Crippen molar-refractivity contribution in [3.05, 3.63) is 84.4 Å². The van der Waals surface area contributed by atoms with Gasteiger partial charge in [-0.1, -0.05) is 30.3 Å². The first-order valence-electron chi connectivity index (χ1n) is 8.93. The van der Waals surface area contributed by atoms with Crippen LogP contribution in [0.3, 0.4) is 0 Å². The van der Waals surface area contributed by atoms with Crippen LogP contribution in [0.2, 0.25) is 0 Å². The molecule has 3 aromatic rings. The van der Waals surface area contributed by atoms with E-state index in [0.717, 1.165) is 44.0 Å². The number of piperazine rings is 1. The van der Waals surface area contributed by atoms with Crippen molar-refractivity contribution >= 4 is 5.91 Å². The number of carbonyl (C=O) groups excluding carboxylic acids is 1. The smallest absolute Gasteiger partial charge is 0.253 e. The zero-order valence-electron chi connectivity index (χ0n) is 14.7. The molecule has 1 aromatic heterocycles. The van der Waals surface area contributed by atoms with Crippen LogP contribution in [0.25, 0.3) is 5.69 Å². The maximum absolute atomic E-state index is 12.8. The Labute approximate surface area is 153 Å². The molecule has 4 rings (SSSR count). The van der Waals surface area contributed by atoms with Crippen LogP contribution in [0.15, 0.2) is 73.3 Å². The third-order valence-corrected chi connectivity index (χ3v) is 4.83. The normalized spacial score (nSPS) is 15.2. The lowest BCUT2D eigenvalue weighted by Crippen LogP contribution is -2.48. The number of aromatic nitrogens is 2. The Morgan fingerprint density at radius 2 is 1.65 bits per heavy atom. The number of rotatable bonds is 4. The minimum atomic E-state index is 0.113. The number of hydrogen-bond acceptors (Lipinski definition) is 3. The number of amides is 1. The van der Waals surface area contributed by atoms with E-state index in [1.54, 1.807) is 12.5 Å². The second-order valence-corrected chi connectivity index (χ2v) is 6.57. The third-order valence-electron chi connectivity index (χ3n) is 4.83. The molecule has 0 saturated carbocycles. The van der Waals surface area contributed by atoms with Crippen molar-refractivity contribution in [1.29, 1.82) is 0 Å². The Balaban J connectivity index is 1.34. The van der Waals surface area contributed by atoms with Crippen LogP contribution in [0, 0.1) is 0 Å². The van der Waals surface area contributed by atoms with E-state index in [1.807, 2.05) is 46.0 Å². The molecule has 5 nitrogen and oxygen atoms in total. The molecule has 0 unspecified atom stereocenters. The lowest BCUT2D eigenvalue weighted by atomic mass is 10.1. The van der Waals surface area contributed by atoms with Crippen molar-refractivity contribution < 1.29 is 4.79 Å². The molecule has 132 valence electrons. The predicted molar refractivity (Wildman–Crippen MR) is 101 cm³/mol. The molecule has 0 aliphatic carbocycles. The zero-order valence-corrected chi connectivity index (χ0v) is 14.7. The van der Waals surface area contributed by atoms with Crippen LogP contribution >= 0.6 is 0 Å². The highest BCUT2D eigenvalue weighted by atomic mass is 16.2. The summed E-state index contributed by atoms with van der Waals surface area (Å²) in [5.41, 5.74) is 3.07. The van der Waals surface area contributed by atoms with E-state index in [0.29, 0.717) is 0 Å². The first-order valence-corrected chi connectivity index (χ1v) is 8.93. The largest absolute Gasteiger partial charge is 0.336 e. The topological polar surface area (TPSA) is 41.4 Å². The molecule has 1 amide bonds. The molecule has 0 spiro atoms. The molecule has 0 atom stereocenters. The molecule has 1 saturated heterocycles. The van der Waals surface area contributed by atoms with Crippen LogP contribution in [-0.2, 0) is 6.54 Å². The highest BCUT2D eigenvalue weighted by Crippen LogP contribution is 2.14. The van der Waals surface area contributed by atoms with E-state index in [4.69, 9.17) is 0 Å². The molecule has 0 radical (unpaired) electrons. The molecule has 2 heterocycles. The summed E-state index contributed by atoms with van der Waals surface area (Å²) in [4.78, 5) is 21.2. The molecule has 5 heteroatoms. The number of hydrogen-bond donors (Lipinski definition) is 0. The Hall–Kier alpha value is -2.92. The van der Waals surface area contributed by atoms with Crippen molar-refractivity contribution in [1.82, 2.24) is 19.4 Å². The summed E-state index contributed by atoms with van der Waals surface area (Å²) in [5.74, 6) is 0.113. The second kappa shape index (κ2) is 7.54. The van der Waals surface area contributed by atoms with Gasteiger partial charge in [0.05, 0.1) is 6.33 Å². The standard InChI is InChI=1S/C21H22N4O/c26-21(19-6-8-20(9-7-19)25-11-10-22-17-25)24-14-12-23(13-15-24)16-18-4-2-1-3-5-18/h1-11,17H,12-16H2. The molecular weight excluding hydrogens is 324 g/mol. The number of nitrogens with zero attached hydrogens (tertiary/aromatic N) is 4. The van der Waals surface area contributed by atoms with E-state index in [1.165, 1.54) is 5.56 Å². The quantitative estimate of drug-likeness (QED) is 0.729. The van der Waals surface area contributed by atoms with Crippen molar-refractivity contribution in [2.75, 3.05) is 26.2 Å². The average Bonchev–Trinajstić information content (AvgIpc) is 3.24. The molecule has 26 heavy (non-hydrogen) atoms. The molecule has 0 N–H and O–H groups in total. The van der Waals surface area contributed by atoms with Gasteiger partial charge in [-0.15, -0.1) is 0 Å². The monoisotopic (exact) mass is 346 g/mol. The van der Waals surface area contributed by atoms with Gasteiger partial charge in [0.25, 0.3) is 5.91 Å². The summed E-state index contributed by atoms with van der Waals surface area (Å²) in [5, 5.41) is 0. The molecule has 1 fully saturated rings. The zero-order chi connectivity index (χ0) is 17.8. The number of benzene rings is 2. The Morgan fingerprint density at radius 1 is 0.923 bits per heavy atom. The highest BCUT2D eigenvalue weighted by molar-refractivity contribution is 5.94. The van der Waals surface area contributed by atoms with Crippen molar-refractivity contribution in [2.45, 2.75) is 6.54 Å². The van der Waals surface area contributed by atoms with Crippen LogP contribution in [0.5, 0.6) is 0 Å². The van der Waals surface area contributed by atoms with E-state index in [9.17, 15) is 4.79 Å². The van der Waals surface area contributed by atoms with Crippen molar-refractivity contribution in [2.24, 2.45) is 0 Å². The van der Waals surface area contributed by atoms with Gasteiger partial charge >= 0.3 is 0 Å². The molecule has 2 aromatic carbocycles. The Morgan fingerprint density at radius 3 is 2.31 bits per heavy atom. The van der Waals surface area contributed by atoms with Crippen LogP contribution in [0.1, 0.15) is 15.9 Å². The van der Waals surface area contributed by atoms with Gasteiger partial charge in [0, 0.05) is 56.4 Å². The molecule has 0 bridgehead atoms. The van der Waals surface area contributed by atoms with Gasteiger partial charge in [0.1, 0.15) is 0 Å². The van der Waals surface area contributed by atoms with Crippen LogP contribution in [-0.4, -0.2) is 51.4 Å². The second-order valence-electron chi connectivity index (χ2n) is 6.57. The van der Waals surface area contributed by atoms with Gasteiger partial charge in [0.2, 0.25) is 0 Å². The predicted octanol–water partition coefficient (Wildman–Crippen LogP) is 2.83.